The van der Waals surface area contributed by atoms with Gasteiger partial charge in [-0.2, -0.15) is 0 Å². The number of nitrogens with one attached hydrogen (secondary N) is 1. The molecule has 0 saturated heterocycles. The molecule has 8 heteroatoms. The normalized spacial score (nSPS) is 10.9. The number of hydrogen-bond acceptors (Lipinski definition) is 3. The first-order chi connectivity index (χ1) is 14.3. The standard InChI is InChI=1S/C22H15F2N3O3/c23-14-5-7-17(18(24)10-14)12-2-1-3-16(8-12)26-21(28)20-9-13-4-6-15(25)11-19(13)27(20)22(29)30/h1-11H,25H2,(H,26,28)(H,29,30). The largest absolute Gasteiger partial charge is 0.464 e. The molecule has 0 aliphatic rings. The number of halogens is 2. The fourth-order valence-electron chi connectivity index (χ4n) is 3.27. The van der Waals surface area contributed by atoms with Crippen LogP contribution in [0.1, 0.15) is 10.5 Å². The first kappa shape index (κ1) is 19.1. The molecule has 0 radical (unpaired) electrons. The van der Waals surface area contributed by atoms with Gasteiger partial charge in [0.1, 0.15) is 17.3 Å². The van der Waals surface area contributed by atoms with Gasteiger partial charge in [-0.1, -0.05) is 18.2 Å². The van der Waals surface area contributed by atoms with Gasteiger partial charge in [-0.05, 0) is 48.0 Å². The van der Waals surface area contributed by atoms with Crippen molar-refractivity contribution in [2.45, 2.75) is 0 Å². The molecule has 4 aromatic rings. The van der Waals surface area contributed by atoms with Gasteiger partial charge in [0.05, 0.1) is 5.52 Å². The average Bonchev–Trinajstić information content (AvgIpc) is 3.07. The van der Waals surface area contributed by atoms with Gasteiger partial charge in [-0.3, -0.25) is 4.79 Å². The van der Waals surface area contributed by atoms with E-state index in [1.54, 1.807) is 30.3 Å². The molecule has 150 valence electrons. The van der Waals surface area contributed by atoms with Gasteiger partial charge in [0.2, 0.25) is 0 Å². The van der Waals surface area contributed by atoms with E-state index >= 15 is 0 Å². The van der Waals surface area contributed by atoms with Crippen LogP contribution in [0.2, 0.25) is 0 Å². The Morgan fingerprint density at radius 2 is 1.77 bits per heavy atom. The van der Waals surface area contributed by atoms with E-state index < -0.39 is 23.6 Å². The fraction of sp³-hybridized carbons (Fsp3) is 0. The third-order valence-corrected chi connectivity index (χ3v) is 4.62. The van der Waals surface area contributed by atoms with Gasteiger partial charge in [0, 0.05) is 28.4 Å². The molecule has 3 aromatic carbocycles. The second-order valence-corrected chi connectivity index (χ2v) is 6.62. The van der Waals surface area contributed by atoms with E-state index in [-0.39, 0.29) is 16.8 Å². The number of amides is 1. The SMILES string of the molecule is Nc1ccc2cc(C(=O)Nc3cccc(-c4ccc(F)cc4F)c3)n(C(=O)O)c2c1. The van der Waals surface area contributed by atoms with E-state index in [1.807, 2.05) is 0 Å². The van der Waals surface area contributed by atoms with Gasteiger partial charge in [-0.25, -0.2) is 18.1 Å². The Morgan fingerprint density at radius 1 is 0.967 bits per heavy atom. The van der Waals surface area contributed by atoms with E-state index in [4.69, 9.17) is 5.73 Å². The second kappa shape index (κ2) is 7.32. The predicted molar refractivity (Wildman–Crippen MR) is 110 cm³/mol. The number of nitrogen functional groups attached to an aromatic ring is 1. The summed E-state index contributed by atoms with van der Waals surface area (Å²) in [6.07, 6.45) is -1.33. The summed E-state index contributed by atoms with van der Waals surface area (Å²) in [6.45, 7) is 0. The molecule has 0 unspecified atom stereocenters. The zero-order valence-corrected chi connectivity index (χ0v) is 15.4. The highest BCUT2D eigenvalue weighted by molar-refractivity contribution is 6.09. The van der Waals surface area contributed by atoms with Gasteiger partial charge < -0.3 is 16.2 Å². The van der Waals surface area contributed by atoms with E-state index in [0.29, 0.717) is 22.3 Å². The summed E-state index contributed by atoms with van der Waals surface area (Å²) < 4.78 is 28.1. The zero-order valence-electron chi connectivity index (χ0n) is 15.4. The first-order valence-corrected chi connectivity index (χ1v) is 8.84. The molecule has 0 aliphatic carbocycles. The third-order valence-electron chi connectivity index (χ3n) is 4.62. The highest BCUT2D eigenvalue weighted by atomic mass is 19.1. The molecule has 0 saturated carbocycles. The molecule has 30 heavy (non-hydrogen) atoms. The maximum absolute atomic E-state index is 14.1. The number of hydrogen-bond donors (Lipinski definition) is 3. The molecule has 0 bridgehead atoms. The number of benzene rings is 3. The van der Waals surface area contributed by atoms with Crippen molar-refractivity contribution in [1.82, 2.24) is 4.57 Å². The van der Waals surface area contributed by atoms with Crippen molar-refractivity contribution in [3.8, 4) is 11.1 Å². The summed E-state index contributed by atoms with van der Waals surface area (Å²) in [4.78, 5) is 24.5. The number of nitrogens with two attached hydrogens (primary N) is 1. The lowest BCUT2D eigenvalue weighted by molar-refractivity contribution is 0.101. The number of aromatic nitrogens is 1. The quantitative estimate of drug-likeness (QED) is 0.419. The second-order valence-electron chi connectivity index (χ2n) is 6.62. The van der Waals surface area contributed by atoms with Crippen LogP contribution in [-0.4, -0.2) is 21.7 Å². The summed E-state index contributed by atoms with van der Waals surface area (Å²) in [5, 5.41) is 12.7. The Balaban J connectivity index is 1.70. The minimum absolute atomic E-state index is 0.0959. The predicted octanol–water partition coefficient (Wildman–Crippen LogP) is 4.95. The molecule has 1 aromatic heterocycles. The zero-order chi connectivity index (χ0) is 21.4. The highest BCUT2D eigenvalue weighted by Gasteiger charge is 2.20. The van der Waals surface area contributed by atoms with Crippen LogP contribution < -0.4 is 11.1 Å². The van der Waals surface area contributed by atoms with E-state index in [1.165, 1.54) is 24.3 Å². The van der Waals surface area contributed by atoms with E-state index in [0.717, 1.165) is 16.7 Å². The maximum atomic E-state index is 14.1. The molecule has 6 nitrogen and oxygen atoms in total. The third kappa shape index (κ3) is 3.46. The Bertz CT molecular complexity index is 1310. The molecular formula is C22H15F2N3O3. The highest BCUT2D eigenvalue weighted by Crippen LogP contribution is 2.27. The molecule has 4 rings (SSSR count). The minimum atomic E-state index is -1.33. The van der Waals surface area contributed by atoms with Crippen LogP contribution in [0.5, 0.6) is 0 Å². The molecule has 0 fully saturated rings. The minimum Gasteiger partial charge on any atom is -0.464 e. The van der Waals surface area contributed by atoms with Crippen LogP contribution in [0.15, 0.2) is 66.7 Å². The number of anilines is 2. The molecule has 0 spiro atoms. The smallest absolute Gasteiger partial charge is 0.416 e. The molecule has 4 N–H and O–H groups in total. The fourth-order valence-corrected chi connectivity index (χ4v) is 3.27. The number of carbonyl (C=O) groups excluding carboxylic acids is 1. The van der Waals surface area contributed by atoms with E-state index in [9.17, 15) is 23.5 Å². The summed E-state index contributed by atoms with van der Waals surface area (Å²) in [5.41, 5.74) is 7.21. The lowest BCUT2D eigenvalue weighted by Gasteiger charge is -2.09. The monoisotopic (exact) mass is 407 g/mol. The summed E-state index contributed by atoms with van der Waals surface area (Å²) in [6, 6.07) is 15.7. The van der Waals surface area contributed by atoms with Gasteiger partial charge >= 0.3 is 6.09 Å². The lowest BCUT2D eigenvalue weighted by atomic mass is 10.0. The van der Waals surface area contributed by atoms with Crippen LogP contribution in [-0.2, 0) is 0 Å². The van der Waals surface area contributed by atoms with Crippen LogP contribution in [0.25, 0.3) is 22.0 Å². The number of carbonyl (C=O) groups is 2. The van der Waals surface area contributed by atoms with E-state index in [2.05, 4.69) is 5.32 Å². The Morgan fingerprint density at radius 3 is 2.50 bits per heavy atom. The maximum Gasteiger partial charge on any atom is 0.416 e. The lowest BCUT2D eigenvalue weighted by Crippen LogP contribution is -2.20. The summed E-state index contributed by atoms with van der Waals surface area (Å²) in [7, 11) is 0. The van der Waals surface area contributed by atoms with Gasteiger partial charge in [0.25, 0.3) is 5.91 Å². The number of carboxylic acid groups (broad SMARTS) is 1. The van der Waals surface area contributed by atoms with Crippen LogP contribution in [0.3, 0.4) is 0 Å². The van der Waals surface area contributed by atoms with Crippen molar-refractivity contribution in [2.75, 3.05) is 11.1 Å². The van der Waals surface area contributed by atoms with Crippen molar-refractivity contribution in [3.63, 3.8) is 0 Å². The summed E-state index contributed by atoms with van der Waals surface area (Å²) in [5.74, 6) is -2.09. The van der Waals surface area contributed by atoms with Crippen LogP contribution in [0.4, 0.5) is 25.0 Å². The number of rotatable bonds is 3. The van der Waals surface area contributed by atoms with Crippen molar-refractivity contribution in [1.29, 1.82) is 0 Å². The molecule has 1 heterocycles. The Hall–Kier alpha value is -4.20. The van der Waals surface area contributed by atoms with Crippen molar-refractivity contribution in [3.05, 3.63) is 84.1 Å². The molecular weight excluding hydrogens is 392 g/mol. The van der Waals surface area contributed by atoms with Gasteiger partial charge in [-0.15, -0.1) is 0 Å². The van der Waals surface area contributed by atoms with Crippen LogP contribution in [0, 0.1) is 11.6 Å². The molecule has 0 atom stereocenters. The Labute approximate surface area is 169 Å². The topological polar surface area (TPSA) is 97.4 Å². The van der Waals surface area contributed by atoms with Gasteiger partial charge in [0.15, 0.2) is 0 Å². The first-order valence-electron chi connectivity index (χ1n) is 8.84. The average molecular weight is 407 g/mol. The number of nitrogens with zero attached hydrogens (tertiary/aromatic N) is 1. The summed E-state index contributed by atoms with van der Waals surface area (Å²) >= 11 is 0. The van der Waals surface area contributed by atoms with Crippen molar-refractivity contribution in [2.24, 2.45) is 0 Å². The Kier molecular flexibility index (Phi) is 4.67. The number of fused-ring (bicyclic) bond motifs is 1. The van der Waals surface area contributed by atoms with Crippen LogP contribution >= 0.6 is 0 Å². The van der Waals surface area contributed by atoms with Crippen molar-refractivity contribution < 1.29 is 23.5 Å². The molecule has 1 amide bonds. The molecule has 0 aliphatic heterocycles. The van der Waals surface area contributed by atoms with Crippen molar-refractivity contribution >= 4 is 34.3 Å².